The number of nitrogens with two attached hydrogens (primary N) is 1. The number of fused-ring (bicyclic) bond motifs is 2. The van der Waals surface area contributed by atoms with E-state index in [-0.39, 0.29) is 5.91 Å². The van der Waals surface area contributed by atoms with Crippen molar-refractivity contribution in [1.29, 1.82) is 0 Å². The third-order valence-electron chi connectivity index (χ3n) is 3.59. The van der Waals surface area contributed by atoms with Gasteiger partial charge in [0.25, 0.3) is 0 Å². The Morgan fingerprint density at radius 3 is 2.96 bits per heavy atom. The van der Waals surface area contributed by atoms with Crippen LogP contribution in [0.2, 0.25) is 0 Å². The standard InChI is InChI=1S/C15H13N7OS/c1-7(23)19-15-20-9-4-3-8(5-10(9)24-15)12-11-13(16)17-6-18-14(11)22(2)21-12/h3-6H,1-2H3,(H2,16,17,18)(H,19,20,23). The van der Waals surface area contributed by atoms with E-state index in [0.717, 1.165) is 26.9 Å². The van der Waals surface area contributed by atoms with Gasteiger partial charge in [-0.05, 0) is 12.1 Å². The molecule has 0 spiro atoms. The van der Waals surface area contributed by atoms with Crippen molar-refractivity contribution in [3.8, 4) is 11.3 Å². The van der Waals surface area contributed by atoms with Crippen LogP contribution in [0.4, 0.5) is 10.9 Å². The lowest BCUT2D eigenvalue weighted by molar-refractivity contribution is -0.114. The molecule has 0 saturated carbocycles. The van der Waals surface area contributed by atoms with E-state index < -0.39 is 0 Å². The summed E-state index contributed by atoms with van der Waals surface area (Å²) in [6.07, 6.45) is 1.43. The number of amides is 1. The zero-order chi connectivity index (χ0) is 16.8. The van der Waals surface area contributed by atoms with Crippen molar-refractivity contribution >= 4 is 49.4 Å². The summed E-state index contributed by atoms with van der Waals surface area (Å²) in [6, 6.07) is 5.80. The second-order valence-corrected chi connectivity index (χ2v) is 6.34. The number of nitrogen functional groups attached to an aromatic ring is 1. The molecule has 8 nitrogen and oxygen atoms in total. The number of nitrogens with one attached hydrogen (secondary N) is 1. The molecule has 120 valence electrons. The van der Waals surface area contributed by atoms with Crippen LogP contribution in [-0.2, 0) is 11.8 Å². The molecule has 3 N–H and O–H groups in total. The fourth-order valence-electron chi connectivity index (χ4n) is 2.59. The highest BCUT2D eigenvalue weighted by Gasteiger charge is 2.16. The number of benzene rings is 1. The van der Waals surface area contributed by atoms with Gasteiger partial charge in [-0.15, -0.1) is 0 Å². The summed E-state index contributed by atoms with van der Waals surface area (Å²) in [5.41, 5.74) is 9.14. The van der Waals surface area contributed by atoms with Crippen molar-refractivity contribution in [1.82, 2.24) is 24.7 Å². The normalized spacial score (nSPS) is 11.2. The van der Waals surface area contributed by atoms with E-state index in [9.17, 15) is 4.79 Å². The minimum absolute atomic E-state index is 0.144. The Labute approximate surface area is 140 Å². The second kappa shape index (κ2) is 5.24. The smallest absolute Gasteiger partial charge is 0.223 e. The number of anilines is 2. The molecule has 0 aliphatic rings. The van der Waals surface area contributed by atoms with E-state index in [2.05, 4.69) is 25.4 Å². The maximum absolute atomic E-state index is 11.2. The number of thiazole rings is 1. The van der Waals surface area contributed by atoms with E-state index in [0.29, 0.717) is 16.6 Å². The molecule has 0 saturated heterocycles. The summed E-state index contributed by atoms with van der Waals surface area (Å²) in [6.45, 7) is 1.46. The maximum atomic E-state index is 11.2. The molecule has 1 amide bonds. The number of carbonyl (C=O) groups excluding carboxylic acids is 1. The number of nitrogens with zero attached hydrogens (tertiary/aromatic N) is 5. The molecule has 0 unspecified atom stereocenters. The number of rotatable bonds is 2. The van der Waals surface area contributed by atoms with Gasteiger partial charge in [-0.3, -0.25) is 4.79 Å². The Balaban J connectivity index is 1.89. The highest BCUT2D eigenvalue weighted by Crippen LogP contribution is 2.34. The van der Waals surface area contributed by atoms with Crippen LogP contribution < -0.4 is 11.1 Å². The molecule has 24 heavy (non-hydrogen) atoms. The molecular formula is C15H13N7OS. The topological polar surface area (TPSA) is 112 Å². The Morgan fingerprint density at radius 2 is 2.17 bits per heavy atom. The SMILES string of the molecule is CC(=O)Nc1nc2ccc(-c3nn(C)c4ncnc(N)c34)cc2s1. The molecule has 0 aliphatic heterocycles. The molecule has 4 aromatic rings. The van der Waals surface area contributed by atoms with E-state index in [4.69, 9.17) is 5.73 Å². The van der Waals surface area contributed by atoms with Crippen molar-refractivity contribution in [3.63, 3.8) is 0 Å². The van der Waals surface area contributed by atoms with Crippen molar-refractivity contribution in [2.45, 2.75) is 6.92 Å². The summed E-state index contributed by atoms with van der Waals surface area (Å²) < 4.78 is 2.63. The second-order valence-electron chi connectivity index (χ2n) is 5.31. The first kappa shape index (κ1) is 14.5. The monoisotopic (exact) mass is 339 g/mol. The third-order valence-corrected chi connectivity index (χ3v) is 4.53. The zero-order valence-corrected chi connectivity index (χ0v) is 13.8. The largest absolute Gasteiger partial charge is 0.383 e. The van der Waals surface area contributed by atoms with Gasteiger partial charge in [0.05, 0.1) is 15.6 Å². The quantitative estimate of drug-likeness (QED) is 0.579. The van der Waals surface area contributed by atoms with Gasteiger partial charge in [0.2, 0.25) is 5.91 Å². The van der Waals surface area contributed by atoms with Crippen molar-refractivity contribution in [2.24, 2.45) is 7.05 Å². The van der Waals surface area contributed by atoms with Crippen LogP contribution in [0.5, 0.6) is 0 Å². The predicted octanol–water partition coefficient (Wildman–Crippen LogP) is 2.18. The third kappa shape index (κ3) is 2.26. The fraction of sp³-hybridized carbons (Fsp3) is 0.133. The van der Waals surface area contributed by atoms with E-state index in [1.54, 1.807) is 4.68 Å². The van der Waals surface area contributed by atoms with Crippen LogP contribution in [0.25, 0.3) is 32.5 Å². The zero-order valence-electron chi connectivity index (χ0n) is 12.9. The van der Waals surface area contributed by atoms with Crippen LogP contribution in [0, 0.1) is 0 Å². The van der Waals surface area contributed by atoms with Crippen molar-refractivity contribution in [2.75, 3.05) is 11.1 Å². The number of aryl methyl sites for hydroxylation is 1. The van der Waals surface area contributed by atoms with Gasteiger partial charge in [-0.1, -0.05) is 17.4 Å². The minimum Gasteiger partial charge on any atom is -0.383 e. The number of carbonyl (C=O) groups is 1. The van der Waals surface area contributed by atoms with E-state index in [1.807, 2.05) is 25.2 Å². The van der Waals surface area contributed by atoms with Gasteiger partial charge in [-0.25, -0.2) is 19.6 Å². The number of hydrogen-bond donors (Lipinski definition) is 2. The van der Waals surface area contributed by atoms with E-state index >= 15 is 0 Å². The summed E-state index contributed by atoms with van der Waals surface area (Å²) in [5.74, 6) is 0.251. The van der Waals surface area contributed by atoms with Gasteiger partial charge >= 0.3 is 0 Å². The molecular weight excluding hydrogens is 326 g/mol. The van der Waals surface area contributed by atoms with Gasteiger partial charge in [0, 0.05) is 19.5 Å². The molecule has 0 aliphatic carbocycles. The number of hydrogen-bond acceptors (Lipinski definition) is 7. The highest BCUT2D eigenvalue weighted by molar-refractivity contribution is 7.22. The molecule has 0 fully saturated rings. The first-order valence-electron chi connectivity index (χ1n) is 7.14. The Hall–Kier alpha value is -3.07. The molecule has 4 rings (SSSR count). The highest BCUT2D eigenvalue weighted by atomic mass is 32.1. The average molecular weight is 339 g/mol. The fourth-order valence-corrected chi connectivity index (χ4v) is 3.54. The van der Waals surface area contributed by atoms with Crippen LogP contribution >= 0.6 is 11.3 Å². The molecule has 9 heteroatoms. The Bertz CT molecular complexity index is 1100. The summed E-state index contributed by atoms with van der Waals surface area (Å²) >= 11 is 1.41. The Morgan fingerprint density at radius 1 is 1.33 bits per heavy atom. The first-order valence-corrected chi connectivity index (χ1v) is 7.96. The van der Waals surface area contributed by atoms with Crippen molar-refractivity contribution in [3.05, 3.63) is 24.5 Å². The lowest BCUT2D eigenvalue weighted by Gasteiger charge is -1.99. The van der Waals surface area contributed by atoms with Crippen LogP contribution in [0.1, 0.15) is 6.92 Å². The van der Waals surface area contributed by atoms with Gasteiger partial charge < -0.3 is 11.1 Å². The summed E-state index contributed by atoms with van der Waals surface area (Å²) in [4.78, 5) is 23.9. The molecule has 0 radical (unpaired) electrons. The van der Waals surface area contributed by atoms with Gasteiger partial charge in [-0.2, -0.15) is 5.10 Å². The van der Waals surface area contributed by atoms with Gasteiger partial charge in [0.1, 0.15) is 17.8 Å². The minimum atomic E-state index is -0.144. The Kier molecular flexibility index (Phi) is 3.17. The van der Waals surface area contributed by atoms with Crippen molar-refractivity contribution < 1.29 is 4.79 Å². The van der Waals surface area contributed by atoms with E-state index in [1.165, 1.54) is 24.6 Å². The lowest BCUT2D eigenvalue weighted by atomic mass is 10.1. The lowest BCUT2D eigenvalue weighted by Crippen LogP contribution is -2.04. The molecule has 0 atom stereocenters. The van der Waals surface area contributed by atoms with Crippen LogP contribution in [-0.4, -0.2) is 30.6 Å². The molecule has 3 aromatic heterocycles. The summed E-state index contributed by atoms with van der Waals surface area (Å²) in [7, 11) is 1.82. The van der Waals surface area contributed by atoms with Crippen LogP contribution in [0.3, 0.4) is 0 Å². The molecule has 0 bridgehead atoms. The predicted molar refractivity (Wildman–Crippen MR) is 93.6 cm³/mol. The first-order chi connectivity index (χ1) is 11.5. The molecule has 1 aromatic carbocycles. The maximum Gasteiger partial charge on any atom is 0.223 e. The average Bonchev–Trinajstić information content (AvgIpc) is 3.07. The number of aromatic nitrogens is 5. The van der Waals surface area contributed by atoms with Gasteiger partial charge in [0.15, 0.2) is 10.8 Å². The molecule has 3 heterocycles. The van der Waals surface area contributed by atoms with Crippen LogP contribution in [0.15, 0.2) is 24.5 Å². The summed E-state index contributed by atoms with van der Waals surface area (Å²) in [5, 5.41) is 8.54.